The molecule has 1 aliphatic heterocycles. The first kappa shape index (κ1) is 16.0. The van der Waals surface area contributed by atoms with Crippen molar-refractivity contribution in [2.45, 2.75) is 11.6 Å². The number of amides is 1. The number of hydrogen-bond donors (Lipinski definition) is 0. The second-order valence-electron chi connectivity index (χ2n) is 5.49. The van der Waals surface area contributed by atoms with Crippen molar-refractivity contribution in [2.24, 2.45) is 0 Å². The molecule has 0 saturated carbocycles. The minimum atomic E-state index is 0.0866. The first-order valence-corrected chi connectivity index (χ1v) is 8.90. The summed E-state index contributed by atoms with van der Waals surface area (Å²) in [7, 11) is 0. The standard InChI is InChI=1S/C17H20N4OS/c1-23-16-15(5-3-7-19-16)17(22)21-10-8-20(9-11-21)13-14-4-2-6-18-12-14/h2-7,12H,8-11,13H2,1H3. The van der Waals surface area contributed by atoms with Crippen LogP contribution in [0.1, 0.15) is 15.9 Å². The van der Waals surface area contributed by atoms with E-state index in [0.717, 1.165) is 37.7 Å². The van der Waals surface area contributed by atoms with Gasteiger partial charge in [0.2, 0.25) is 0 Å². The molecule has 2 aromatic heterocycles. The highest BCUT2D eigenvalue weighted by molar-refractivity contribution is 7.98. The van der Waals surface area contributed by atoms with Crippen LogP contribution in [0, 0.1) is 0 Å². The van der Waals surface area contributed by atoms with Crippen LogP contribution in [0.15, 0.2) is 47.9 Å². The molecule has 1 fully saturated rings. The number of carbonyl (C=O) groups is 1. The quantitative estimate of drug-likeness (QED) is 0.805. The second kappa shape index (κ2) is 7.57. The zero-order valence-corrected chi connectivity index (χ0v) is 14.0. The first-order chi connectivity index (χ1) is 11.3. The Morgan fingerprint density at radius 3 is 2.65 bits per heavy atom. The Morgan fingerprint density at radius 1 is 1.17 bits per heavy atom. The highest BCUT2D eigenvalue weighted by Crippen LogP contribution is 2.19. The third-order valence-electron chi connectivity index (χ3n) is 3.98. The van der Waals surface area contributed by atoms with E-state index in [0.29, 0.717) is 5.56 Å². The van der Waals surface area contributed by atoms with Gasteiger partial charge >= 0.3 is 0 Å². The van der Waals surface area contributed by atoms with Crippen LogP contribution in [-0.2, 0) is 6.54 Å². The maximum Gasteiger partial charge on any atom is 0.256 e. The molecule has 1 amide bonds. The van der Waals surface area contributed by atoms with Gasteiger partial charge < -0.3 is 4.90 Å². The molecular weight excluding hydrogens is 308 g/mol. The van der Waals surface area contributed by atoms with Gasteiger partial charge in [-0.15, -0.1) is 11.8 Å². The topological polar surface area (TPSA) is 49.3 Å². The molecule has 0 atom stereocenters. The highest BCUT2D eigenvalue weighted by atomic mass is 32.2. The Hall–Kier alpha value is -1.92. The number of nitrogens with zero attached hydrogens (tertiary/aromatic N) is 4. The molecule has 0 aromatic carbocycles. The lowest BCUT2D eigenvalue weighted by molar-refractivity contribution is 0.0624. The first-order valence-electron chi connectivity index (χ1n) is 7.67. The predicted molar refractivity (Wildman–Crippen MR) is 91.4 cm³/mol. The summed E-state index contributed by atoms with van der Waals surface area (Å²) in [6, 6.07) is 7.74. The van der Waals surface area contributed by atoms with Gasteiger partial charge in [0.25, 0.3) is 5.91 Å². The van der Waals surface area contributed by atoms with E-state index in [1.54, 1.807) is 12.4 Å². The Morgan fingerprint density at radius 2 is 1.96 bits per heavy atom. The summed E-state index contributed by atoms with van der Waals surface area (Å²) in [6.45, 7) is 4.16. The van der Waals surface area contributed by atoms with Gasteiger partial charge in [-0.3, -0.25) is 14.7 Å². The van der Waals surface area contributed by atoms with Crippen LogP contribution in [0.3, 0.4) is 0 Å². The van der Waals surface area contributed by atoms with Gasteiger partial charge in [0.1, 0.15) is 5.03 Å². The van der Waals surface area contributed by atoms with Crippen LogP contribution < -0.4 is 0 Å². The van der Waals surface area contributed by atoms with Crippen LogP contribution in [0.4, 0.5) is 0 Å². The van der Waals surface area contributed by atoms with E-state index >= 15 is 0 Å². The van der Waals surface area contributed by atoms with Crippen molar-refractivity contribution in [3.63, 3.8) is 0 Å². The van der Waals surface area contributed by atoms with Crippen LogP contribution in [0.25, 0.3) is 0 Å². The summed E-state index contributed by atoms with van der Waals surface area (Å²) in [4.78, 5) is 25.4. The Labute approximate surface area is 140 Å². The third-order valence-corrected chi connectivity index (χ3v) is 4.70. The average molecular weight is 328 g/mol. The normalized spacial score (nSPS) is 15.6. The lowest BCUT2D eigenvalue weighted by Crippen LogP contribution is -2.48. The maximum absolute atomic E-state index is 12.7. The zero-order valence-electron chi connectivity index (χ0n) is 13.2. The fourth-order valence-electron chi connectivity index (χ4n) is 2.75. The van der Waals surface area contributed by atoms with E-state index in [4.69, 9.17) is 0 Å². The molecule has 1 saturated heterocycles. The summed E-state index contributed by atoms with van der Waals surface area (Å²) in [5, 5.41) is 0.801. The van der Waals surface area contributed by atoms with Gasteiger partial charge in [0, 0.05) is 51.3 Å². The maximum atomic E-state index is 12.7. The number of hydrogen-bond acceptors (Lipinski definition) is 5. The van der Waals surface area contributed by atoms with Crippen LogP contribution in [0.5, 0.6) is 0 Å². The Balaban J connectivity index is 1.59. The summed E-state index contributed by atoms with van der Waals surface area (Å²) in [6.07, 6.45) is 7.37. The second-order valence-corrected chi connectivity index (χ2v) is 6.28. The van der Waals surface area contributed by atoms with Gasteiger partial charge in [-0.1, -0.05) is 6.07 Å². The summed E-state index contributed by atoms with van der Waals surface area (Å²) in [5.41, 5.74) is 1.92. The van der Waals surface area contributed by atoms with E-state index in [1.807, 2.05) is 35.6 Å². The number of rotatable bonds is 4. The van der Waals surface area contributed by atoms with E-state index in [2.05, 4.69) is 20.9 Å². The number of piperazine rings is 1. The number of carbonyl (C=O) groups excluding carboxylic acids is 1. The number of pyridine rings is 2. The highest BCUT2D eigenvalue weighted by Gasteiger charge is 2.24. The molecule has 6 heteroatoms. The van der Waals surface area contributed by atoms with Crippen molar-refractivity contribution in [3.8, 4) is 0 Å². The van der Waals surface area contributed by atoms with Crippen molar-refractivity contribution < 1.29 is 4.79 Å². The van der Waals surface area contributed by atoms with Crippen molar-refractivity contribution in [1.82, 2.24) is 19.8 Å². The van der Waals surface area contributed by atoms with E-state index in [1.165, 1.54) is 17.3 Å². The van der Waals surface area contributed by atoms with E-state index in [-0.39, 0.29) is 5.91 Å². The summed E-state index contributed by atoms with van der Waals surface area (Å²) in [5.74, 6) is 0.0866. The van der Waals surface area contributed by atoms with Gasteiger partial charge in [0.05, 0.1) is 5.56 Å². The largest absolute Gasteiger partial charge is 0.336 e. The van der Waals surface area contributed by atoms with Crippen LogP contribution in [-0.4, -0.2) is 58.1 Å². The molecule has 0 N–H and O–H groups in total. The molecule has 5 nitrogen and oxygen atoms in total. The molecule has 23 heavy (non-hydrogen) atoms. The fourth-order valence-corrected chi connectivity index (χ4v) is 3.29. The average Bonchev–Trinajstić information content (AvgIpc) is 2.62. The molecule has 3 rings (SSSR count). The molecule has 0 aliphatic carbocycles. The molecular formula is C17H20N4OS. The molecule has 0 spiro atoms. The molecule has 0 bridgehead atoms. The van der Waals surface area contributed by atoms with Crippen molar-refractivity contribution >= 4 is 17.7 Å². The van der Waals surface area contributed by atoms with Gasteiger partial charge in [-0.25, -0.2) is 4.98 Å². The monoisotopic (exact) mass is 328 g/mol. The minimum Gasteiger partial charge on any atom is -0.336 e. The SMILES string of the molecule is CSc1ncccc1C(=O)N1CCN(Cc2cccnc2)CC1. The molecule has 1 aliphatic rings. The molecule has 0 radical (unpaired) electrons. The van der Waals surface area contributed by atoms with E-state index in [9.17, 15) is 4.79 Å². The molecule has 3 heterocycles. The summed E-state index contributed by atoms with van der Waals surface area (Å²) >= 11 is 1.51. The van der Waals surface area contributed by atoms with Crippen LogP contribution in [0.2, 0.25) is 0 Å². The van der Waals surface area contributed by atoms with Gasteiger partial charge in [-0.2, -0.15) is 0 Å². The lowest BCUT2D eigenvalue weighted by atomic mass is 10.2. The van der Waals surface area contributed by atoms with Crippen LogP contribution >= 0.6 is 11.8 Å². The smallest absolute Gasteiger partial charge is 0.256 e. The minimum absolute atomic E-state index is 0.0866. The zero-order chi connectivity index (χ0) is 16.1. The van der Waals surface area contributed by atoms with Crippen molar-refractivity contribution in [2.75, 3.05) is 32.4 Å². The fraction of sp³-hybridized carbons (Fsp3) is 0.353. The predicted octanol–water partition coefficient (Wildman–Crippen LogP) is 2.16. The lowest BCUT2D eigenvalue weighted by Gasteiger charge is -2.34. The Bertz CT molecular complexity index is 657. The van der Waals surface area contributed by atoms with Gasteiger partial charge in [-0.05, 0) is 30.0 Å². The number of thioether (sulfide) groups is 1. The van der Waals surface area contributed by atoms with Gasteiger partial charge in [0.15, 0.2) is 0 Å². The van der Waals surface area contributed by atoms with E-state index < -0.39 is 0 Å². The summed E-state index contributed by atoms with van der Waals surface area (Å²) < 4.78 is 0. The molecule has 120 valence electrons. The van der Waals surface area contributed by atoms with Crippen molar-refractivity contribution in [1.29, 1.82) is 0 Å². The molecule has 2 aromatic rings. The van der Waals surface area contributed by atoms with Crippen molar-refractivity contribution in [3.05, 3.63) is 54.0 Å². The third kappa shape index (κ3) is 3.89. The Kier molecular flexibility index (Phi) is 5.25. The number of aromatic nitrogens is 2. The molecule has 0 unspecified atom stereocenters.